The summed E-state index contributed by atoms with van der Waals surface area (Å²) in [7, 11) is 3.37. The smallest absolute Gasteiger partial charge is 0.272 e. The van der Waals surface area contributed by atoms with Gasteiger partial charge in [0, 0.05) is 37.3 Å². The highest BCUT2D eigenvalue weighted by atomic mass is 32.2. The van der Waals surface area contributed by atoms with Crippen molar-refractivity contribution in [3.63, 3.8) is 0 Å². The third-order valence-corrected chi connectivity index (χ3v) is 5.20. The molecule has 7 nitrogen and oxygen atoms in total. The molecule has 0 atom stereocenters. The van der Waals surface area contributed by atoms with Crippen LogP contribution in [0.1, 0.15) is 10.5 Å². The van der Waals surface area contributed by atoms with E-state index in [0.29, 0.717) is 23.1 Å². The molecule has 0 fully saturated rings. The van der Waals surface area contributed by atoms with Gasteiger partial charge in [-0.25, -0.2) is 4.98 Å². The minimum absolute atomic E-state index is 0.175. The lowest BCUT2D eigenvalue weighted by atomic mass is 10.3. The van der Waals surface area contributed by atoms with Crippen LogP contribution in [-0.2, 0) is 0 Å². The molecule has 30 heavy (non-hydrogen) atoms. The minimum atomic E-state index is -0.175. The number of thioether (sulfide) groups is 1. The van der Waals surface area contributed by atoms with Crippen molar-refractivity contribution in [1.29, 1.82) is 0 Å². The predicted octanol–water partition coefficient (Wildman–Crippen LogP) is 4.92. The lowest BCUT2D eigenvalue weighted by Gasteiger charge is -2.10. The number of aromatic nitrogens is 3. The third kappa shape index (κ3) is 4.23. The summed E-state index contributed by atoms with van der Waals surface area (Å²) in [4.78, 5) is 26.7. The molecule has 8 heteroatoms. The van der Waals surface area contributed by atoms with Crippen LogP contribution in [0.4, 0.5) is 11.6 Å². The summed E-state index contributed by atoms with van der Waals surface area (Å²) in [6.07, 6.45) is 3.60. The lowest BCUT2D eigenvalue weighted by molar-refractivity contribution is 0.0821. The van der Waals surface area contributed by atoms with Gasteiger partial charge in [0.05, 0.1) is 16.7 Å². The first-order valence-corrected chi connectivity index (χ1v) is 10.5. The van der Waals surface area contributed by atoms with Crippen molar-refractivity contribution in [2.24, 2.45) is 0 Å². The van der Waals surface area contributed by atoms with Gasteiger partial charge in [-0.3, -0.25) is 9.78 Å². The number of hydrogen-bond donors (Lipinski definition) is 2. The molecular formula is C22H21N5O2S. The Morgan fingerprint density at radius 2 is 1.90 bits per heavy atom. The average Bonchev–Trinajstić information content (AvgIpc) is 3.15. The number of carbonyl (C=O) groups excluding carboxylic acids is 1. The molecule has 4 aromatic rings. The molecule has 0 aliphatic heterocycles. The van der Waals surface area contributed by atoms with E-state index in [0.717, 1.165) is 21.6 Å². The molecule has 0 unspecified atom stereocenters. The largest absolute Gasteiger partial charge is 0.457 e. The number of anilines is 2. The van der Waals surface area contributed by atoms with Gasteiger partial charge in [-0.05, 0) is 36.6 Å². The van der Waals surface area contributed by atoms with Gasteiger partial charge in [0.2, 0.25) is 5.95 Å². The predicted molar refractivity (Wildman–Crippen MR) is 120 cm³/mol. The van der Waals surface area contributed by atoms with Gasteiger partial charge in [-0.1, -0.05) is 12.1 Å². The molecule has 2 aromatic carbocycles. The molecule has 0 aliphatic carbocycles. The SMILES string of the molecule is CSc1ccccc1Nc1nc2ccc(Oc3ccnc(C(=O)N(C)C)c3)cc2[nH]1. The van der Waals surface area contributed by atoms with Crippen LogP contribution in [0.15, 0.2) is 65.7 Å². The zero-order chi connectivity index (χ0) is 21.1. The van der Waals surface area contributed by atoms with E-state index in [-0.39, 0.29) is 5.91 Å². The monoisotopic (exact) mass is 419 g/mol. The summed E-state index contributed by atoms with van der Waals surface area (Å²) >= 11 is 1.67. The number of hydrogen-bond acceptors (Lipinski definition) is 6. The van der Waals surface area contributed by atoms with E-state index in [1.807, 2.05) is 42.7 Å². The van der Waals surface area contributed by atoms with Crippen molar-refractivity contribution >= 4 is 40.3 Å². The highest BCUT2D eigenvalue weighted by Gasteiger charge is 2.12. The first-order chi connectivity index (χ1) is 14.5. The molecule has 4 rings (SSSR count). The number of para-hydroxylation sites is 1. The molecule has 2 N–H and O–H groups in total. The standard InChI is InChI=1S/C22H21N5O2S/c1-27(2)21(28)19-13-15(10-11-23-19)29-14-8-9-16-18(12-14)26-22(24-16)25-17-6-4-5-7-20(17)30-3/h4-13H,1-3H3,(H2,24,25,26). The van der Waals surface area contributed by atoms with Gasteiger partial charge in [-0.15, -0.1) is 11.8 Å². The molecule has 1 amide bonds. The van der Waals surface area contributed by atoms with E-state index in [9.17, 15) is 4.79 Å². The van der Waals surface area contributed by atoms with Gasteiger partial charge in [-0.2, -0.15) is 0 Å². The molecule has 0 aliphatic rings. The topological polar surface area (TPSA) is 83.1 Å². The number of H-pyrrole nitrogens is 1. The number of imidazole rings is 1. The van der Waals surface area contributed by atoms with Crippen LogP contribution in [-0.4, -0.2) is 46.1 Å². The van der Waals surface area contributed by atoms with Gasteiger partial charge >= 0.3 is 0 Å². The molecule has 0 spiro atoms. The normalized spacial score (nSPS) is 10.8. The van der Waals surface area contributed by atoms with Gasteiger partial charge in [0.25, 0.3) is 5.91 Å². The molecule has 0 radical (unpaired) electrons. The molecule has 152 valence electrons. The fourth-order valence-corrected chi connectivity index (χ4v) is 3.50. The molecule has 0 bridgehead atoms. The number of benzene rings is 2. The average molecular weight is 420 g/mol. The van der Waals surface area contributed by atoms with E-state index in [1.165, 1.54) is 4.90 Å². The van der Waals surface area contributed by atoms with E-state index in [2.05, 4.69) is 26.3 Å². The molecule has 0 saturated carbocycles. The fourth-order valence-electron chi connectivity index (χ4n) is 2.94. The Morgan fingerprint density at radius 1 is 1.10 bits per heavy atom. The molecular weight excluding hydrogens is 398 g/mol. The Labute approximate surface area is 178 Å². The van der Waals surface area contributed by atoms with Gasteiger partial charge in [0.1, 0.15) is 17.2 Å². The molecule has 0 saturated heterocycles. The number of pyridine rings is 1. The Kier molecular flexibility index (Phi) is 5.58. The highest BCUT2D eigenvalue weighted by molar-refractivity contribution is 7.98. The van der Waals surface area contributed by atoms with Crippen LogP contribution >= 0.6 is 11.8 Å². The summed E-state index contributed by atoms with van der Waals surface area (Å²) in [5, 5.41) is 3.33. The molecule has 2 aromatic heterocycles. The summed E-state index contributed by atoms with van der Waals surface area (Å²) in [5.41, 5.74) is 2.99. The van der Waals surface area contributed by atoms with E-state index < -0.39 is 0 Å². The number of rotatable bonds is 6. The Bertz CT molecular complexity index is 1210. The summed E-state index contributed by atoms with van der Waals surface area (Å²) < 4.78 is 5.94. The number of fused-ring (bicyclic) bond motifs is 1. The second-order valence-electron chi connectivity index (χ2n) is 6.77. The maximum Gasteiger partial charge on any atom is 0.272 e. The van der Waals surface area contributed by atoms with Crippen LogP contribution in [0.25, 0.3) is 11.0 Å². The molecule has 2 heterocycles. The van der Waals surface area contributed by atoms with Crippen LogP contribution in [0.3, 0.4) is 0 Å². The maximum absolute atomic E-state index is 12.1. The summed E-state index contributed by atoms with van der Waals surface area (Å²) in [5.74, 6) is 1.66. The lowest BCUT2D eigenvalue weighted by Crippen LogP contribution is -2.22. The fraction of sp³-hybridized carbons (Fsp3) is 0.136. The van der Waals surface area contributed by atoms with Crippen LogP contribution < -0.4 is 10.1 Å². The second kappa shape index (κ2) is 8.46. The number of aromatic amines is 1. The van der Waals surface area contributed by atoms with E-state index in [4.69, 9.17) is 4.74 Å². The van der Waals surface area contributed by atoms with E-state index in [1.54, 1.807) is 44.2 Å². The maximum atomic E-state index is 12.1. The number of carbonyl (C=O) groups is 1. The van der Waals surface area contributed by atoms with Crippen molar-refractivity contribution in [1.82, 2.24) is 19.9 Å². The Morgan fingerprint density at radius 3 is 2.70 bits per heavy atom. The van der Waals surface area contributed by atoms with Crippen molar-refractivity contribution in [3.05, 3.63) is 66.5 Å². The summed E-state index contributed by atoms with van der Waals surface area (Å²) in [6, 6.07) is 17.0. The van der Waals surface area contributed by atoms with Crippen molar-refractivity contribution in [2.45, 2.75) is 4.90 Å². The summed E-state index contributed by atoms with van der Waals surface area (Å²) in [6.45, 7) is 0. The van der Waals surface area contributed by atoms with Crippen LogP contribution in [0.2, 0.25) is 0 Å². The van der Waals surface area contributed by atoms with Crippen molar-refractivity contribution < 1.29 is 9.53 Å². The Hall–Kier alpha value is -3.52. The van der Waals surface area contributed by atoms with E-state index >= 15 is 0 Å². The number of nitrogens with one attached hydrogen (secondary N) is 2. The number of nitrogens with zero attached hydrogens (tertiary/aromatic N) is 3. The number of amides is 1. The highest BCUT2D eigenvalue weighted by Crippen LogP contribution is 2.29. The van der Waals surface area contributed by atoms with Crippen LogP contribution in [0, 0.1) is 0 Å². The van der Waals surface area contributed by atoms with Crippen LogP contribution in [0.5, 0.6) is 11.5 Å². The van der Waals surface area contributed by atoms with Gasteiger partial charge in [0.15, 0.2) is 0 Å². The van der Waals surface area contributed by atoms with Crippen molar-refractivity contribution in [3.8, 4) is 11.5 Å². The zero-order valence-electron chi connectivity index (χ0n) is 16.8. The zero-order valence-corrected chi connectivity index (χ0v) is 17.7. The minimum Gasteiger partial charge on any atom is -0.457 e. The Balaban J connectivity index is 1.56. The first kappa shape index (κ1) is 19.8. The van der Waals surface area contributed by atoms with Crippen molar-refractivity contribution in [2.75, 3.05) is 25.7 Å². The quantitative estimate of drug-likeness (QED) is 0.432. The first-order valence-electron chi connectivity index (χ1n) is 9.29. The number of ether oxygens (including phenoxy) is 1. The third-order valence-electron chi connectivity index (χ3n) is 4.41. The second-order valence-corrected chi connectivity index (χ2v) is 7.62. The van der Waals surface area contributed by atoms with Gasteiger partial charge < -0.3 is 19.9 Å².